The number of fused-ring (bicyclic) bond motifs is 1. The van der Waals surface area contributed by atoms with Crippen molar-refractivity contribution >= 4 is 29.2 Å². The fourth-order valence-electron chi connectivity index (χ4n) is 2.08. The van der Waals surface area contributed by atoms with Crippen LogP contribution < -0.4 is 14.8 Å². The Hall–Kier alpha value is -2.73. The van der Waals surface area contributed by atoms with Crippen molar-refractivity contribution < 1.29 is 23.8 Å². The second kappa shape index (κ2) is 6.80. The average Bonchev–Trinajstić information content (AvgIpc) is 3.04. The first-order chi connectivity index (χ1) is 11.5. The Labute approximate surface area is 143 Å². The van der Waals surface area contributed by atoms with Crippen LogP contribution in [0, 0.1) is 0 Å². The molecule has 124 valence electrons. The van der Waals surface area contributed by atoms with Gasteiger partial charge < -0.3 is 19.5 Å². The van der Waals surface area contributed by atoms with Gasteiger partial charge in [0.05, 0.1) is 5.56 Å². The summed E-state index contributed by atoms with van der Waals surface area (Å²) in [7, 11) is 0. The number of amides is 1. The molecule has 7 heteroatoms. The summed E-state index contributed by atoms with van der Waals surface area (Å²) in [5.74, 6) is -0.0127. The van der Waals surface area contributed by atoms with Gasteiger partial charge in [0.2, 0.25) is 6.79 Å². The largest absolute Gasteiger partial charge is 0.454 e. The highest BCUT2D eigenvalue weighted by Gasteiger charge is 2.21. The highest BCUT2D eigenvalue weighted by atomic mass is 35.5. The van der Waals surface area contributed by atoms with Gasteiger partial charge in [-0.25, -0.2) is 4.79 Å². The third kappa shape index (κ3) is 3.60. The number of hydrogen-bond acceptors (Lipinski definition) is 5. The zero-order valence-electron chi connectivity index (χ0n) is 12.7. The molecule has 0 spiro atoms. The molecule has 0 unspecified atom stereocenters. The summed E-state index contributed by atoms with van der Waals surface area (Å²) >= 11 is 5.79. The molecule has 1 atom stereocenters. The van der Waals surface area contributed by atoms with Gasteiger partial charge in [0.1, 0.15) is 0 Å². The van der Waals surface area contributed by atoms with Crippen LogP contribution in [0.3, 0.4) is 0 Å². The van der Waals surface area contributed by atoms with E-state index in [-0.39, 0.29) is 12.4 Å². The number of carbonyl (C=O) groups is 2. The number of anilines is 1. The summed E-state index contributed by atoms with van der Waals surface area (Å²) < 4.78 is 15.6. The molecule has 0 aliphatic carbocycles. The van der Waals surface area contributed by atoms with Crippen LogP contribution in [0.1, 0.15) is 17.3 Å². The highest BCUT2D eigenvalue weighted by molar-refractivity contribution is 6.30. The Kier molecular flexibility index (Phi) is 4.57. The van der Waals surface area contributed by atoms with Crippen molar-refractivity contribution in [1.29, 1.82) is 0 Å². The van der Waals surface area contributed by atoms with E-state index in [4.69, 9.17) is 25.8 Å². The monoisotopic (exact) mass is 347 g/mol. The summed E-state index contributed by atoms with van der Waals surface area (Å²) in [4.78, 5) is 24.2. The van der Waals surface area contributed by atoms with E-state index in [1.54, 1.807) is 36.4 Å². The lowest BCUT2D eigenvalue weighted by Crippen LogP contribution is -2.29. The van der Waals surface area contributed by atoms with Gasteiger partial charge in [0, 0.05) is 10.7 Å². The molecule has 1 aliphatic rings. The molecule has 0 fully saturated rings. The number of rotatable bonds is 4. The standard InChI is InChI=1S/C17H14ClNO5/c1-10(16(20)19-13-5-3-12(18)4-6-13)24-17(21)11-2-7-14-15(8-11)23-9-22-14/h2-8,10H,9H2,1H3,(H,19,20)/t10-/m1/s1. The molecule has 3 rings (SSSR count). The number of esters is 1. The maximum Gasteiger partial charge on any atom is 0.339 e. The molecule has 0 bridgehead atoms. The Morgan fingerprint density at radius 2 is 1.83 bits per heavy atom. The van der Waals surface area contributed by atoms with Gasteiger partial charge in [-0.1, -0.05) is 11.6 Å². The van der Waals surface area contributed by atoms with Gasteiger partial charge in [-0.3, -0.25) is 4.79 Å². The van der Waals surface area contributed by atoms with Crippen molar-refractivity contribution in [1.82, 2.24) is 0 Å². The summed E-state index contributed by atoms with van der Waals surface area (Å²) in [5, 5.41) is 3.21. The van der Waals surface area contributed by atoms with Gasteiger partial charge >= 0.3 is 5.97 Å². The lowest BCUT2D eigenvalue weighted by Gasteiger charge is -2.13. The van der Waals surface area contributed by atoms with Crippen LogP contribution in [0.25, 0.3) is 0 Å². The summed E-state index contributed by atoms with van der Waals surface area (Å²) in [5.41, 5.74) is 0.848. The number of halogens is 1. The zero-order valence-corrected chi connectivity index (χ0v) is 13.5. The second-order valence-corrected chi connectivity index (χ2v) is 5.55. The SMILES string of the molecule is C[C@@H](OC(=O)c1ccc2c(c1)OCO2)C(=O)Nc1ccc(Cl)cc1. The van der Waals surface area contributed by atoms with E-state index in [0.29, 0.717) is 22.2 Å². The number of ether oxygens (including phenoxy) is 3. The van der Waals surface area contributed by atoms with Crippen molar-refractivity contribution in [3.8, 4) is 11.5 Å². The van der Waals surface area contributed by atoms with Crippen molar-refractivity contribution in [2.45, 2.75) is 13.0 Å². The summed E-state index contributed by atoms with van der Waals surface area (Å²) in [6.45, 7) is 1.61. The molecule has 0 saturated carbocycles. The van der Waals surface area contributed by atoms with Crippen LogP contribution in [0.5, 0.6) is 11.5 Å². The zero-order chi connectivity index (χ0) is 17.1. The Bertz CT molecular complexity index is 775. The molecule has 2 aromatic rings. The van der Waals surface area contributed by atoms with Gasteiger partial charge in [0.25, 0.3) is 5.91 Å². The minimum atomic E-state index is -0.960. The first-order valence-corrected chi connectivity index (χ1v) is 7.58. The summed E-state index contributed by atoms with van der Waals surface area (Å²) in [6, 6.07) is 11.3. The van der Waals surface area contributed by atoms with Crippen molar-refractivity contribution in [3.05, 3.63) is 53.1 Å². The van der Waals surface area contributed by atoms with Crippen LogP contribution in [0.2, 0.25) is 5.02 Å². The molecule has 0 aromatic heterocycles. The van der Waals surface area contributed by atoms with Crippen molar-refractivity contribution in [2.75, 3.05) is 12.1 Å². The smallest absolute Gasteiger partial charge is 0.339 e. The second-order valence-electron chi connectivity index (χ2n) is 5.11. The van der Waals surface area contributed by atoms with E-state index in [1.807, 2.05) is 0 Å². The van der Waals surface area contributed by atoms with Crippen molar-refractivity contribution in [3.63, 3.8) is 0 Å². The molecule has 6 nitrogen and oxygen atoms in total. The molecule has 0 saturated heterocycles. The van der Waals surface area contributed by atoms with Gasteiger partial charge in [-0.2, -0.15) is 0 Å². The number of carbonyl (C=O) groups excluding carboxylic acids is 2. The molecular formula is C17H14ClNO5. The molecule has 1 heterocycles. The van der Waals surface area contributed by atoms with E-state index < -0.39 is 18.0 Å². The van der Waals surface area contributed by atoms with Gasteiger partial charge in [0.15, 0.2) is 17.6 Å². The lowest BCUT2D eigenvalue weighted by atomic mass is 10.2. The number of benzene rings is 2. The third-order valence-corrected chi connectivity index (χ3v) is 3.63. The summed E-state index contributed by atoms with van der Waals surface area (Å²) in [6.07, 6.45) is -0.960. The lowest BCUT2D eigenvalue weighted by molar-refractivity contribution is -0.123. The first-order valence-electron chi connectivity index (χ1n) is 7.20. The Balaban J connectivity index is 1.61. The van der Waals surface area contributed by atoms with E-state index >= 15 is 0 Å². The molecule has 1 aliphatic heterocycles. The van der Waals surface area contributed by atoms with Crippen LogP contribution in [-0.2, 0) is 9.53 Å². The van der Waals surface area contributed by atoms with Crippen LogP contribution in [0.4, 0.5) is 5.69 Å². The topological polar surface area (TPSA) is 73.9 Å². The molecule has 1 N–H and O–H groups in total. The predicted octanol–water partition coefficient (Wildman–Crippen LogP) is 3.25. The average molecular weight is 348 g/mol. The molecule has 0 radical (unpaired) electrons. The minimum Gasteiger partial charge on any atom is -0.454 e. The Morgan fingerprint density at radius 1 is 1.12 bits per heavy atom. The molecule has 2 aromatic carbocycles. The van der Waals surface area contributed by atoms with Crippen LogP contribution in [-0.4, -0.2) is 24.8 Å². The fourth-order valence-corrected chi connectivity index (χ4v) is 2.21. The van der Waals surface area contributed by atoms with E-state index in [2.05, 4.69) is 5.32 Å². The first kappa shape index (κ1) is 16.1. The molecular weight excluding hydrogens is 334 g/mol. The predicted molar refractivity (Wildman–Crippen MR) is 87.5 cm³/mol. The third-order valence-electron chi connectivity index (χ3n) is 3.37. The van der Waals surface area contributed by atoms with Gasteiger partial charge in [-0.15, -0.1) is 0 Å². The normalized spacial score (nSPS) is 13.2. The molecule has 1 amide bonds. The van der Waals surface area contributed by atoms with E-state index in [1.165, 1.54) is 13.0 Å². The van der Waals surface area contributed by atoms with E-state index in [9.17, 15) is 9.59 Å². The molecule has 24 heavy (non-hydrogen) atoms. The fraction of sp³-hybridized carbons (Fsp3) is 0.176. The quantitative estimate of drug-likeness (QED) is 0.859. The number of nitrogens with one attached hydrogen (secondary N) is 1. The maximum absolute atomic E-state index is 12.1. The van der Waals surface area contributed by atoms with Crippen LogP contribution in [0.15, 0.2) is 42.5 Å². The van der Waals surface area contributed by atoms with Gasteiger partial charge in [-0.05, 0) is 49.4 Å². The number of hydrogen-bond donors (Lipinski definition) is 1. The maximum atomic E-state index is 12.1. The van der Waals surface area contributed by atoms with Crippen LogP contribution >= 0.6 is 11.6 Å². The van der Waals surface area contributed by atoms with Crippen molar-refractivity contribution in [2.24, 2.45) is 0 Å². The van der Waals surface area contributed by atoms with E-state index in [0.717, 1.165) is 0 Å². The minimum absolute atomic E-state index is 0.119. The Morgan fingerprint density at radius 3 is 2.58 bits per heavy atom. The highest BCUT2D eigenvalue weighted by Crippen LogP contribution is 2.32.